The Labute approximate surface area is 180 Å². The van der Waals surface area contributed by atoms with E-state index in [9.17, 15) is 4.79 Å². The predicted molar refractivity (Wildman–Crippen MR) is 121 cm³/mol. The Kier molecular flexibility index (Phi) is 4.86. The standard InChI is InChI=1S/C22H16N4O2S2/c1-28-15-9-10-17-19(12-15)30-22(25-17)26(13-14-6-4-5-11-23-14)21(27)20-24-16-7-2-3-8-18(16)29-20/h2-12H,13H2,1H3. The Morgan fingerprint density at radius 1 is 0.967 bits per heavy atom. The van der Waals surface area contributed by atoms with Gasteiger partial charge in [-0.2, -0.15) is 0 Å². The number of carbonyl (C=O) groups excluding carboxylic acids is 1. The van der Waals surface area contributed by atoms with Crippen LogP contribution in [0.4, 0.5) is 5.13 Å². The van der Waals surface area contributed by atoms with Crippen LogP contribution in [0.2, 0.25) is 0 Å². The monoisotopic (exact) mass is 432 g/mol. The number of ether oxygens (including phenoxy) is 1. The highest BCUT2D eigenvalue weighted by Gasteiger charge is 2.25. The topological polar surface area (TPSA) is 68.2 Å². The van der Waals surface area contributed by atoms with E-state index in [0.717, 1.165) is 31.9 Å². The number of anilines is 1. The summed E-state index contributed by atoms with van der Waals surface area (Å²) in [4.78, 5) is 28.8. The highest BCUT2D eigenvalue weighted by molar-refractivity contribution is 7.23. The fourth-order valence-electron chi connectivity index (χ4n) is 3.09. The number of hydrogen-bond acceptors (Lipinski definition) is 7. The number of hydrogen-bond donors (Lipinski definition) is 0. The molecule has 8 heteroatoms. The molecule has 148 valence electrons. The number of aromatic nitrogens is 3. The molecule has 3 aromatic heterocycles. The molecule has 6 nitrogen and oxygen atoms in total. The summed E-state index contributed by atoms with van der Waals surface area (Å²) in [5, 5.41) is 1.04. The van der Waals surface area contributed by atoms with Crippen molar-refractivity contribution >= 4 is 54.1 Å². The van der Waals surface area contributed by atoms with Gasteiger partial charge in [0.05, 0.1) is 39.8 Å². The number of methoxy groups -OCH3 is 1. The van der Waals surface area contributed by atoms with E-state index in [1.807, 2.05) is 60.7 Å². The maximum atomic E-state index is 13.5. The van der Waals surface area contributed by atoms with Gasteiger partial charge in [0.25, 0.3) is 5.91 Å². The first-order valence-corrected chi connectivity index (χ1v) is 10.9. The van der Waals surface area contributed by atoms with Gasteiger partial charge in [0.1, 0.15) is 5.75 Å². The minimum absolute atomic E-state index is 0.187. The van der Waals surface area contributed by atoms with Gasteiger partial charge >= 0.3 is 0 Å². The van der Waals surface area contributed by atoms with Gasteiger partial charge in [0.15, 0.2) is 10.1 Å². The normalized spacial score (nSPS) is 11.1. The zero-order chi connectivity index (χ0) is 20.5. The molecule has 0 bridgehead atoms. The lowest BCUT2D eigenvalue weighted by molar-refractivity contribution is 0.0984. The minimum Gasteiger partial charge on any atom is -0.497 e. The van der Waals surface area contributed by atoms with E-state index in [4.69, 9.17) is 9.72 Å². The van der Waals surface area contributed by atoms with E-state index in [-0.39, 0.29) is 5.91 Å². The SMILES string of the molecule is COc1ccc2nc(N(Cc3ccccn3)C(=O)c3nc4ccccc4s3)sc2c1. The fraction of sp³-hybridized carbons (Fsp3) is 0.0909. The van der Waals surface area contributed by atoms with Crippen LogP contribution in [0.25, 0.3) is 20.4 Å². The van der Waals surface area contributed by atoms with Crippen LogP contribution in [0.15, 0.2) is 66.9 Å². The third-order valence-electron chi connectivity index (χ3n) is 4.58. The van der Waals surface area contributed by atoms with Crippen molar-refractivity contribution in [3.63, 3.8) is 0 Å². The molecule has 0 unspecified atom stereocenters. The number of pyridine rings is 1. The summed E-state index contributed by atoms with van der Waals surface area (Å²) in [7, 11) is 1.63. The Morgan fingerprint density at radius 3 is 2.60 bits per heavy atom. The van der Waals surface area contributed by atoms with Gasteiger partial charge in [-0.3, -0.25) is 14.7 Å². The molecule has 0 aliphatic carbocycles. The van der Waals surface area contributed by atoms with E-state index in [0.29, 0.717) is 16.7 Å². The quantitative estimate of drug-likeness (QED) is 0.384. The van der Waals surface area contributed by atoms with Gasteiger partial charge < -0.3 is 4.74 Å². The summed E-state index contributed by atoms with van der Waals surface area (Å²) >= 11 is 2.83. The lowest BCUT2D eigenvalue weighted by Gasteiger charge is -2.18. The van der Waals surface area contributed by atoms with Crippen LogP contribution in [0.1, 0.15) is 15.5 Å². The van der Waals surface area contributed by atoms with Gasteiger partial charge in [-0.15, -0.1) is 11.3 Å². The smallest absolute Gasteiger partial charge is 0.289 e. The first-order valence-electron chi connectivity index (χ1n) is 9.23. The summed E-state index contributed by atoms with van der Waals surface area (Å²) in [6.45, 7) is 0.312. The molecular formula is C22H16N4O2S2. The molecule has 0 aliphatic heterocycles. The molecular weight excluding hydrogens is 416 g/mol. The van der Waals surface area contributed by atoms with Gasteiger partial charge in [0, 0.05) is 6.20 Å². The number of amides is 1. The largest absolute Gasteiger partial charge is 0.497 e. The first-order chi connectivity index (χ1) is 14.7. The second-order valence-electron chi connectivity index (χ2n) is 6.53. The summed E-state index contributed by atoms with van der Waals surface area (Å²) in [6.07, 6.45) is 1.72. The van der Waals surface area contributed by atoms with Gasteiger partial charge in [-0.25, -0.2) is 9.97 Å². The van der Waals surface area contributed by atoms with Crippen molar-refractivity contribution in [1.29, 1.82) is 0 Å². The zero-order valence-corrected chi connectivity index (χ0v) is 17.6. The van der Waals surface area contributed by atoms with Crippen molar-refractivity contribution in [2.75, 3.05) is 12.0 Å². The van der Waals surface area contributed by atoms with E-state index in [1.165, 1.54) is 22.7 Å². The minimum atomic E-state index is -0.187. The molecule has 0 saturated carbocycles. The number of carbonyl (C=O) groups is 1. The average molecular weight is 433 g/mol. The lowest BCUT2D eigenvalue weighted by atomic mass is 10.3. The Bertz CT molecular complexity index is 1310. The predicted octanol–water partition coefficient (Wildman–Crippen LogP) is 5.16. The van der Waals surface area contributed by atoms with Gasteiger partial charge in [-0.05, 0) is 42.5 Å². The van der Waals surface area contributed by atoms with Crippen LogP contribution in [-0.2, 0) is 6.54 Å². The maximum absolute atomic E-state index is 13.5. The molecule has 0 saturated heterocycles. The molecule has 0 radical (unpaired) electrons. The Balaban J connectivity index is 1.58. The lowest BCUT2D eigenvalue weighted by Crippen LogP contribution is -2.30. The van der Waals surface area contributed by atoms with Crippen molar-refractivity contribution in [2.45, 2.75) is 6.54 Å². The van der Waals surface area contributed by atoms with Gasteiger partial charge in [-0.1, -0.05) is 29.5 Å². The number of fused-ring (bicyclic) bond motifs is 2. The summed E-state index contributed by atoms with van der Waals surface area (Å²) in [5.74, 6) is 0.569. The molecule has 0 N–H and O–H groups in total. The van der Waals surface area contributed by atoms with E-state index < -0.39 is 0 Å². The van der Waals surface area contributed by atoms with Gasteiger partial charge in [0.2, 0.25) is 0 Å². The number of rotatable bonds is 5. The summed E-state index contributed by atoms with van der Waals surface area (Å²) in [6, 6.07) is 19.1. The first kappa shape index (κ1) is 18.7. The van der Waals surface area contributed by atoms with E-state index in [2.05, 4.69) is 9.97 Å². The van der Waals surface area contributed by atoms with Crippen molar-refractivity contribution in [1.82, 2.24) is 15.0 Å². The maximum Gasteiger partial charge on any atom is 0.289 e. The molecule has 5 rings (SSSR count). The van der Waals surface area contributed by atoms with Crippen molar-refractivity contribution < 1.29 is 9.53 Å². The van der Waals surface area contributed by atoms with Crippen LogP contribution < -0.4 is 9.64 Å². The highest BCUT2D eigenvalue weighted by atomic mass is 32.1. The van der Waals surface area contributed by atoms with Crippen molar-refractivity contribution in [2.24, 2.45) is 0 Å². The van der Waals surface area contributed by atoms with E-state index >= 15 is 0 Å². The Morgan fingerprint density at radius 2 is 1.80 bits per heavy atom. The molecule has 1 amide bonds. The third kappa shape index (κ3) is 3.51. The summed E-state index contributed by atoms with van der Waals surface area (Å²) in [5.41, 5.74) is 2.42. The molecule has 3 heterocycles. The van der Waals surface area contributed by atoms with Crippen LogP contribution in [0.5, 0.6) is 5.75 Å². The number of para-hydroxylation sites is 1. The van der Waals surface area contributed by atoms with Crippen LogP contribution in [0.3, 0.4) is 0 Å². The average Bonchev–Trinajstić information content (AvgIpc) is 3.41. The third-order valence-corrected chi connectivity index (χ3v) is 6.65. The summed E-state index contributed by atoms with van der Waals surface area (Å²) < 4.78 is 7.25. The van der Waals surface area contributed by atoms with Crippen LogP contribution in [-0.4, -0.2) is 28.0 Å². The molecule has 0 aliphatic rings. The highest BCUT2D eigenvalue weighted by Crippen LogP contribution is 2.33. The molecule has 30 heavy (non-hydrogen) atoms. The Hall–Kier alpha value is -3.36. The molecule has 5 aromatic rings. The number of thiazole rings is 2. The van der Waals surface area contributed by atoms with Crippen molar-refractivity contribution in [3.8, 4) is 5.75 Å². The molecule has 0 spiro atoms. The second-order valence-corrected chi connectivity index (χ2v) is 8.57. The van der Waals surface area contributed by atoms with E-state index in [1.54, 1.807) is 18.2 Å². The number of nitrogens with zero attached hydrogens (tertiary/aromatic N) is 4. The van der Waals surface area contributed by atoms with Crippen LogP contribution >= 0.6 is 22.7 Å². The molecule has 2 aromatic carbocycles. The van der Waals surface area contributed by atoms with Crippen molar-refractivity contribution in [3.05, 3.63) is 77.6 Å². The second kappa shape index (κ2) is 7.81. The fourth-order valence-corrected chi connectivity index (χ4v) is 5.00. The number of benzene rings is 2. The zero-order valence-electron chi connectivity index (χ0n) is 16.0. The molecule has 0 atom stereocenters. The molecule has 0 fully saturated rings. The van der Waals surface area contributed by atoms with Crippen LogP contribution in [0, 0.1) is 0 Å².